The highest BCUT2D eigenvalue weighted by atomic mass is 32.2. The summed E-state index contributed by atoms with van der Waals surface area (Å²) in [4.78, 5) is 28.1. The van der Waals surface area contributed by atoms with Crippen LogP contribution in [0.2, 0.25) is 0 Å². The molecule has 2 amide bonds. The second-order valence-electron chi connectivity index (χ2n) is 7.68. The van der Waals surface area contributed by atoms with Crippen LogP contribution in [-0.2, 0) is 4.79 Å². The van der Waals surface area contributed by atoms with E-state index < -0.39 is 6.04 Å². The molecule has 0 radical (unpaired) electrons. The van der Waals surface area contributed by atoms with Crippen molar-refractivity contribution < 1.29 is 23.8 Å². The van der Waals surface area contributed by atoms with Crippen LogP contribution in [0, 0.1) is 13.8 Å². The third kappa shape index (κ3) is 5.74. The summed E-state index contributed by atoms with van der Waals surface area (Å²) in [5.74, 6) is 1.93. The van der Waals surface area contributed by atoms with Gasteiger partial charge in [0.15, 0.2) is 11.5 Å². The smallest absolute Gasteiger partial charge is 0.255 e. The number of nitrogens with one attached hydrogen (secondary N) is 1. The number of hydrogen-bond donors (Lipinski definition) is 1. The maximum Gasteiger partial charge on any atom is 0.255 e. The van der Waals surface area contributed by atoms with Gasteiger partial charge in [0, 0.05) is 17.0 Å². The van der Waals surface area contributed by atoms with Gasteiger partial charge in [-0.1, -0.05) is 6.07 Å². The number of rotatable bonds is 9. The fourth-order valence-corrected chi connectivity index (χ4v) is 4.74. The summed E-state index contributed by atoms with van der Waals surface area (Å²) in [7, 11) is 0. The van der Waals surface area contributed by atoms with Crippen LogP contribution in [0.4, 0.5) is 5.69 Å². The number of thioether (sulfide) groups is 1. The third-order valence-corrected chi connectivity index (χ3v) is 6.39. The summed E-state index contributed by atoms with van der Waals surface area (Å²) in [6, 6.07) is 8.56. The van der Waals surface area contributed by atoms with E-state index in [-0.39, 0.29) is 11.8 Å². The second-order valence-corrected chi connectivity index (χ2v) is 8.68. The van der Waals surface area contributed by atoms with Crippen molar-refractivity contribution >= 4 is 29.3 Å². The number of anilines is 1. The van der Waals surface area contributed by atoms with Crippen molar-refractivity contribution in [2.45, 2.75) is 40.7 Å². The van der Waals surface area contributed by atoms with Crippen molar-refractivity contribution in [1.29, 1.82) is 0 Å². The lowest BCUT2D eigenvalue weighted by molar-refractivity contribution is -0.119. The molecule has 0 aromatic heterocycles. The van der Waals surface area contributed by atoms with Crippen LogP contribution in [0.1, 0.15) is 42.3 Å². The van der Waals surface area contributed by atoms with E-state index in [2.05, 4.69) is 5.32 Å². The monoisotopic (exact) mass is 472 g/mol. The number of ether oxygens (including phenoxy) is 3. The van der Waals surface area contributed by atoms with Gasteiger partial charge in [0.2, 0.25) is 11.7 Å². The zero-order valence-corrected chi connectivity index (χ0v) is 20.7. The summed E-state index contributed by atoms with van der Waals surface area (Å²) in [5.41, 5.74) is 3.39. The van der Waals surface area contributed by atoms with E-state index in [4.69, 9.17) is 14.2 Å². The molecule has 3 rings (SSSR count). The number of carbonyl (C=O) groups is 2. The van der Waals surface area contributed by atoms with Crippen LogP contribution >= 0.6 is 11.8 Å². The molecule has 7 nitrogen and oxygen atoms in total. The lowest BCUT2D eigenvalue weighted by Crippen LogP contribution is -2.44. The lowest BCUT2D eigenvalue weighted by atomic mass is 10.1. The van der Waals surface area contributed by atoms with E-state index in [1.165, 1.54) is 0 Å². The number of hydrogen-bond acceptors (Lipinski definition) is 6. The predicted molar refractivity (Wildman–Crippen MR) is 132 cm³/mol. The Kier molecular flexibility index (Phi) is 8.49. The Balaban J connectivity index is 1.86. The van der Waals surface area contributed by atoms with Crippen LogP contribution in [0.5, 0.6) is 17.2 Å². The van der Waals surface area contributed by atoms with Gasteiger partial charge >= 0.3 is 0 Å². The number of aryl methyl sites for hydroxylation is 2. The molecule has 1 fully saturated rings. The minimum atomic E-state index is -0.568. The van der Waals surface area contributed by atoms with E-state index in [0.29, 0.717) is 54.3 Å². The van der Waals surface area contributed by atoms with Gasteiger partial charge in [-0.05, 0) is 70.0 Å². The van der Waals surface area contributed by atoms with Crippen LogP contribution < -0.4 is 19.5 Å². The quantitative estimate of drug-likeness (QED) is 0.572. The molecule has 1 saturated heterocycles. The molecule has 33 heavy (non-hydrogen) atoms. The molecule has 1 unspecified atom stereocenters. The molecular weight excluding hydrogens is 440 g/mol. The summed E-state index contributed by atoms with van der Waals surface area (Å²) in [6.45, 7) is 10.9. The first kappa shape index (κ1) is 24.8. The zero-order valence-electron chi connectivity index (χ0n) is 19.9. The van der Waals surface area contributed by atoms with E-state index in [1.54, 1.807) is 28.8 Å². The number of benzene rings is 2. The fourth-order valence-electron chi connectivity index (χ4n) is 3.58. The first-order chi connectivity index (χ1) is 15.9. The largest absolute Gasteiger partial charge is 0.490 e. The Morgan fingerprint density at radius 1 is 0.970 bits per heavy atom. The van der Waals surface area contributed by atoms with E-state index >= 15 is 0 Å². The van der Waals surface area contributed by atoms with Gasteiger partial charge < -0.3 is 24.4 Å². The van der Waals surface area contributed by atoms with E-state index in [1.807, 2.05) is 52.8 Å². The molecule has 178 valence electrons. The SMILES string of the molecule is CCOc1cc(C(=O)N2CSCC2C(=O)Nc2ccc(C)c(C)c2)cc(OCC)c1OCC. The standard InChI is InChI=1S/C25H32N2O5S/c1-6-30-21-12-18(13-22(31-7-2)23(21)32-8-3)25(29)27-15-33-14-20(27)24(28)26-19-10-9-16(4)17(5)11-19/h9-13,20H,6-8,14-15H2,1-5H3,(H,26,28). The van der Waals surface area contributed by atoms with Crippen molar-refractivity contribution in [3.8, 4) is 17.2 Å². The average Bonchev–Trinajstić information content (AvgIpc) is 3.28. The summed E-state index contributed by atoms with van der Waals surface area (Å²) < 4.78 is 17.2. The Bertz CT molecular complexity index is 983. The van der Waals surface area contributed by atoms with Crippen molar-refractivity contribution in [2.75, 3.05) is 36.8 Å². The van der Waals surface area contributed by atoms with Crippen molar-refractivity contribution in [1.82, 2.24) is 4.90 Å². The Labute approximate surface area is 199 Å². The van der Waals surface area contributed by atoms with Gasteiger partial charge in [-0.3, -0.25) is 9.59 Å². The molecule has 2 aromatic carbocycles. The van der Waals surface area contributed by atoms with Gasteiger partial charge in [0.25, 0.3) is 5.91 Å². The number of carbonyl (C=O) groups excluding carboxylic acids is 2. The first-order valence-electron chi connectivity index (χ1n) is 11.2. The number of nitrogens with zero attached hydrogens (tertiary/aromatic N) is 1. The minimum absolute atomic E-state index is 0.197. The Morgan fingerprint density at radius 2 is 1.61 bits per heavy atom. The molecular formula is C25H32N2O5S. The summed E-state index contributed by atoms with van der Waals surface area (Å²) in [6.07, 6.45) is 0. The van der Waals surface area contributed by atoms with Crippen LogP contribution in [0.15, 0.2) is 30.3 Å². The highest BCUT2D eigenvalue weighted by molar-refractivity contribution is 7.99. The fraction of sp³-hybridized carbons (Fsp3) is 0.440. The van der Waals surface area contributed by atoms with E-state index in [0.717, 1.165) is 16.8 Å². The van der Waals surface area contributed by atoms with Gasteiger partial charge in [-0.15, -0.1) is 11.8 Å². The zero-order chi connectivity index (χ0) is 24.0. The average molecular weight is 473 g/mol. The predicted octanol–water partition coefficient (Wildman–Crippen LogP) is 4.65. The topological polar surface area (TPSA) is 77.1 Å². The molecule has 1 aliphatic rings. The molecule has 1 aliphatic heterocycles. The minimum Gasteiger partial charge on any atom is -0.490 e. The maximum atomic E-state index is 13.5. The van der Waals surface area contributed by atoms with Crippen molar-refractivity contribution in [2.24, 2.45) is 0 Å². The maximum absolute atomic E-state index is 13.5. The first-order valence-corrected chi connectivity index (χ1v) is 12.4. The van der Waals surface area contributed by atoms with Gasteiger partial charge in [-0.2, -0.15) is 0 Å². The highest BCUT2D eigenvalue weighted by Crippen LogP contribution is 2.40. The normalized spacial score (nSPS) is 15.3. The summed E-state index contributed by atoms with van der Waals surface area (Å²) >= 11 is 1.56. The highest BCUT2D eigenvalue weighted by Gasteiger charge is 2.36. The Hall–Kier alpha value is -2.87. The second kappa shape index (κ2) is 11.3. The molecule has 2 aromatic rings. The molecule has 0 bridgehead atoms. The molecule has 8 heteroatoms. The molecule has 1 N–H and O–H groups in total. The third-order valence-electron chi connectivity index (χ3n) is 5.38. The van der Waals surface area contributed by atoms with Crippen LogP contribution in [0.3, 0.4) is 0 Å². The molecule has 0 spiro atoms. The van der Waals surface area contributed by atoms with Gasteiger partial charge in [0.1, 0.15) is 6.04 Å². The lowest BCUT2D eigenvalue weighted by Gasteiger charge is -2.24. The number of amides is 2. The Morgan fingerprint density at radius 3 is 2.18 bits per heavy atom. The summed E-state index contributed by atoms with van der Waals surface area (Å²) in [5, 5.41) is 2.96. The molecule has 1 heterocycles. The van der Waals surface area contributed by atoms with Crippen LogP contribution in [0.25, 0.3) is 0 Å². The van der Waals surface area contributed by atoms with Gasteiger partial charge in [0.05, 0.1) is 25.7 Å². The van der Waals surface area contributed by atoms with Crippen molar-refractivity contribution in [3.05, 3.63) is 47.0 Å². The van der Waals surface area contributed by atoms with Crippen molar-refractivity contribution in [3.63, 3.8) is 0 Å². The van der Waals surface area contributed by atoms with Crippen LogP contribution in [-0.4, -0.2) is 54.2 Å². The molecule has 0 aliphatic carbocycles. The molecule has 0 saturated carbocycles. The van der Waals surface area contributed by atoms with E-state index in [9.17, 15) is 9.59 Å². The molecule has 1 atom stereocenters. The van der Waals surface area contributed by atoms with Gasteiger partial charge in [-0.25, -0.2) is 0 Å².